The molecule has 33 heavy (non-hydrogen) atoms. The van der Waals surface area contributed by atoms with E-state index in [1.165, 1.54) is 0 Å². The second-order valence-corrected chi connectivity index (χ2v) is 8.49. The number of pyridine rings is 1. The summed E-state index contributed by atoms with van der Waals surface area (Å²) in [5.41, 5.74) is 4.51. The van der Waals surface area contributed by atoms with Crippen LogP contribution in [0.15, 0.2) is 63.5 Å². The molecule has 0 bridgehead atoms. The molecule has 0 radical (unpaired) electrons. The largest absolute Gasteiger partial charge is 0.478 e. The van der Waals surface area contributed by atoms with E-state index in [1.54, 1.807) is 30.3 Å². The maximum Gasteiger partial charge on any atom is 0.336 e. The highest BCUT2D eigenvalue weighted by Crippen LogP contribution is 2.39. The summed E-state index contributed by atoms with van der Waals surface area (Å²) in [6, 6.07) is 16.3. The average molecular weight is 506 g/mol. The van der Waals surface area contributed by atoms with Crippen molar-refractivity contribution in [3.05, 3.63) is 81.7 Å². The van der Waals surface area contributed by atoms with Crippen molar-refractivity contribution in [2.45, 2.75) is 26.5 Å². The summed E-state index contributed by atoms with van der Waals surface area (Å²) in [4.78, 5) is 20.9. The summed E-state index contributed by atoms with van der Waals surface area (Å²) >= 11 is 3.62. The minimum absolute atomic E-state index is 0.128. The molecule has 0 fully saturated rings. The summed E-state index contributed by atoms with van der Waals surface area (Å²) in [5.74, 6) is 0.388. The molecule has 5 aromatic rings. The molecule has 166 valence electrons. The predicted octanol–water partition coefficient (Wildman–Crippen LogP) is 5.41. The van der Waals surface area contributed by atoms with Crippen LogP contribution in [0.4, 0.5) is 0 Å². The van der Waals surface area contributed by atoms with Crippen molar-refractivity contribution in [3.63, 3.8) is 0 Å². The Hall–Kier alpha value is -3.49. The molecule has 0 spiro atoms. The number of aliphatic hydroxyl groups is 1. The fourth-order valence-corrected chi connectivity index (χ4v) is 4.65. The number of rotatable bonds is 6. The number of aromatic nitrogens is 3. The standard InChI is InChI=1S/C25H20BrN3O4/c1-2-21-28-19-9-8-15(13-30)27-24(19)29(21)12-14-7-10-20-18(11-14)22(26)23(33-20)16-5-3-4-6-17(16)25(31)32/h3-11,30H,2,12-13H2,1H3,(H,31,32). The smallest absolute Gasteiger partial charge is 0.336 e. The van der Waals surface area contributed by atoms with Crippen molar-refractivity contribution < 1.29 is 19.4 Å². The summed E-state index contributed by atoms with van der Waals surface area (Å²) in [6.07, 6.45) is 0.749. The van der Waals surface area contributed by atoms with Gasteiger partial charge in [-0.2, -0.15) is 0 Å². The number of carbonyl (C=O) groups is 1. The molecule has 0 amide bonds. The maximum absolute atomic E-state index is 11.7. The van der Waals surface area contributed by atoms with Crippen LogP contribution >= 0.6 is 15.9 Å². The van der Waals surface area contributed by atoms with Crippen molar-refractivity contribution in [3.8, 4) is 11.3 Å². The zero-order valence-corrected chi connectivity index (χ0v) is 19.3. The van der Waals surface area contributed by atoms with Crippen molar-refractivity contribution in [2.75, 3.05) is 0 Å². The number of imidazole rings is 1. The van der Waals surface area contributed by atoms with Crippen LogP contribution in [0.25, 0.3) is 33.5 Å². The molecular weight excluding hydrogens is 486 g/mol. The number of hydrogen-bond acceptors (Lipinski definition) is 5. The molecule has 7 nitrogen and oxygen atoms in total. The highest BCUT2D eigenvalue weighted by atomic mass is 79.9. The zero-order chi connectivity index (χ0) is 23.1. The molecule has 0 atom stereocenters. The van der Waals surface area contributed by atoms with Gasteiger partial charge in [-0.15, -0.1) is 0 Å². The van der Waals surface area contributed by atoms with Crippen LogP contribution in [0.3, 0.4) is 0 Å². The number of carboxylic acid groups (broad SMARTS) is 1. The van der Waals surface area contributed by atoms with Crippen LogP contribution in [-0.2, 0) is 19.6 Å². The molecular formula is C25H20BrN3O4. The van der Waals surface area contributed by atoms with E-state index in [0.29, 0.717) is 33.6 Å². The quantitative estimate of drug-likeness (QED) is 0.320. The number of nitrogens with zero attached hydrogens (tertiary/aromatic N) is 3. The number of hydrogen-bond donors (Lipinski definition) is 2. The van der Waals surface area contributed by atoms with Crippen molar-refractivity contribution in [2.24, 2.45) is 0 Å². The third-order valence-corrected chi connectivity index (χ3v) is 6.43. The summed E-state index contributed by atoms with van der Waals surface area (Å²) in [5, 5.41) is 19.9. The van der Waals surface area contributed by atoms with Gasteiger partial charge in [0.05, 0.1) is 28.9 Å². The summed E-state index contributed by atoms with van der Waals surface area (Å²) in [7, 11) is 0. The minimum atomic E-state index is -1.01. The van der Waals surface area contributed by atoms with Crippen molar-refractivity contribution in [1.29, 1.82) is 0 Å². The normalized spacial score (nSPS) is 11.5. The van der Waals surface area contributed by atoms with Crippen LogP contribution in [0, 0.1) is 0 Å². The molecule has 0 aliphatic carbocycles. The van der Waals surface area contributed by atoms with E-state index in [0.717, 1.165) is 34.4 Å². The Bertz CT molecular complexity index is 1520. The number of benzene rings is 2. The molecule has 3 heterocycles. The highest BCUT2D eigenvalue weighted by molar-refractivity contribution is 9.10. The SMILES string of the molecule is CCc1nc2ccc(CO)nc2n1Cc1ccc2oc(-c3ccccc3C(=O)O)c(Br)c2c1. The van der Waals surface area contributed by atoms with Crippen LogP contribution < -0.4 is 0 Å². The molecule has 0 aliphatic heterocycles. The van der Waals surface area contributed by atoms with Gasteiger partial charge in [0.2, 0.25) is 0 Å². The first-order valence-electron chi connectivity index (χ1n) is 10.5. The van der Waals surface area contributed by atoms with Gasteiger partial charge in [-0.05, 0) is 51.8 Å². The van der Waals surface area contributed by atoms with Gasteiger partial charge in [0, 0.05) is 17.4 Å². The van der Waals surface area contributed by atoms with E-state index in [9.17, 15) is 15.0 Å². The molecule has 8 heteroatoms. The second-order valence-electron chi connectivity index (χ2n) is 7.70. The highest BCUT2D eigenvalue weighted by Gasteiger charge is 2.20. The average Bonchev–Trinajstić information content (AvgIpc) is 3.35. The number of aliphatic hydroxyl groups excluding tert-OH is 1. The van der Waals surface area contributed by atoms with E-state index in [1.807, 2.05) is 31.2 Å². The Balaban J connectivity index is 1.60. The Morgan fingerprint density at radius 1 is 1.12 bits per heavy atom. The van der Waals surface area contributed by atoms with Gasteiger partial charge in [-0.25, -0.2) is 14.8 Å². The van der Waals surface area contributed by atoms with Crippen LogP contribution in [-0.4, -0.2) is 30.7 Å². The number of carboxylic acids is 1. The Labute approximate surface area is 197 Å². The first kappa shape index (κ1) is 21.4. The lowest BCUT2D eigenvalue weighted by molar-refractivity contribution is 0.0697. The van der Waals surface area contributed by atoms with Crippen molar-refractivity contribution >= 4 is 44.0 Å². The van der Waals surface area contributed by atoms with Crippen LogP contribution in [0.2, 0.25) is 0 Å². The predicted molar refractivity (Wildman–Crippen MR) is 128 cm³/mol. The topological polar surface area (TPSA) is 101 Å². The first-order chi connectivity index (χ1) is 16.0. The van der Waals surface area contributed by atoms with Gasteiger partial charge in [0.25, 0.3) is 0 Å². The lowest BCUT2D eigenvalue weighted by Gasteiger charge is -2.08. The van der Waals surface area contributed by atoms with Gasteiger partial charge in [0.1, 0.15) is 22.7 Å². The van der Waals surface area contributed by atoms with E-state index >= 15 is 0 Å². The lowest BCUT2D eigenvalue weighted by atomic mass is 10.0. The number of furan rings is 1. The third-order valence-electron chi connectivity index (χ3n) is 5.64. The van der Waals surface area contributed by atoms with Crippen molar-refractivity contribution in [1.82, 2.24) is 14.5 Å². The molecule has 5 rings (SSSR count). The van der Waals surface area contributed by atoms with Gasteiger partial charge in [0.15, 0.2) is 5.65 Å². The minimum Gasteiger partial charge on any atom is -0.478 e. The molecule has 0 saturated heterocycles. The Kier molecular flexibility index (Phi) is 5.47. The number of aryl methyl sites for hydroxylation is 1. The Morgan fingerprint density at radius 3 is 2.70 bits per heavy atom. The molecule has 3 aromatic heterocycles. The maximum atomic E-state index is 11.7. The molecule has 0 aliphatic rings. The number of fused-ring (bicyclic) bond motifs is 2. The Morgan fingerprint density at radius 2 is 1.94 bits per heavy atom. The molecule has 2 N–H and O–H groups in total. The van der Waals surface area contributed by atoms with E-state index in [4.69, 9.17) is 4.42 Å². The fourth-order valence-electron chi connectivity index (χ4n) is 4.05. The van der Waals surface area contributed by atoms with E-state index in [-0.39, 0.29) is 12.2 Å². The summed E-state index contributed by atoms with van der Waals surface area (Å²) in [6.45, 7) is 2.47. The molecule has 0 unspecified atom stereocenters. The second kappa shape index (κ2) is 8.46. The van der Waals surface area contributed by atoms with Gasteiger partial charge < -0.3 is 19.2 Å². The first-order valence-corrected chi connectivity index (χ1v) is 11.3. The lowest BCUT2D eigenvalue weighted by Crippen LogP contribution is -2.06. The van der Waals surface area contributed by atoms with Crippen LogP contribution in [0.1, 0.15) is 34.4 Å². The number of aromatic carboxylic acids is 1. The van der Waals surface area contributed by atoms with Gasteiger partial charge >= 0.3 is 5.97 Å². The molecule has 0 saturated carbocycles. The van der Waals surface area contributed by atoms with Gasteiger partial charge in [-0.3, -0.25) is 0 Å². The fraction of sp³-hybridized carbons (Fsp3) is 0.160. The van der Waals surface area contributed by atoms with E-state index in [2.05, 4.69) is 30.5 Å². The van der Waals surface area contributed by atoms with Crippen LogP contribution in [0.5, 0.6) is 0 Å². The number of halogens is 1. The van der Waals surface area contributed by atoms with E-state index < -0.39 is 5.97 Å². The summed E-state index contributed by atoms with van der Waals surface area (Å²) < 4.78 is 8.81. The van der Waals surface area contributed by atoms with Gasteiger partial charge in [-0.1, -0.05) is 31.2 Å². The third kappa shape index (κ3) is 3.71. The monoisotopic (exact) mass is 505 g/mol. The molecule has 2 aromatic carbocycles. The zero-order valence-electron chi connectivity index (χ0n) is 17.7.